The lowest BCUT2D eigenvalue weighted by Gasteiger charge is -2.03. The molecule has 0 saturated heterocycles. The molecule has 0 amide bonds. The number of methoxy groups -OCH3 is 1. The molecule has 6 nitrogen and oxygen atoms in total. The lowest BCUT2D eigenvalue weighted by molar-refractivity contribution is 0.0598. The molecule has 18 heavy (non-hydrogen) atoms. The molecule has 0 fully saturated rings. The van der Waals surface area contributed by atoms with E-state index in [0.717, 1.165) is 5.69 Å². The van der Waals surface area contributed by atoms with Crippen molar-refractivity contribution in [1.82, 2.24) is 14.3 Å². The highest BCUT2D eigenvalue weighted by Crippen LogP contribution is 2.06. The maximum Gasteiger partial charge on any atom is 0.343 e. The van der Waals surface area contributed by atoms with Crippen LogP contribution >= 0.6 is 0 Å². The number of carbonyl (C=O) groups excluding carboxylic acids is 1. The molecular weight excluding hydrogens is 234 g/mol. The minimum atomic E-state index is -0.651. The van der Waals surface area contributed by atoms with Gasteiger partial charge in [-0.25, -0.2) is 4.79 Å². The van der Waals surface area contributed by atoms with Crippen molar-refractivity contribution < 1.29 is 9.53 Å². The van der Waals surface area contributed by atoms with Crippen molar-refractivity contribution in [1.29, 1.82) is 0 Å². The van der Waals surface area contributed by atoms with E-state index < -0.39 is 11.5 Å². The van der Waals surface area contributed by atoms with Crippen molar-refractivity contribution >= 4 is 5.97 Å². The van der Waals surface area contributed by atoms with Crippen molar-refractivity contribution in [3.05, 3.63) is 46.0 Å². The van der Waals surface area contributed by atoms with Crippen LogP contribution in [-0.4, -0.2) is 27.4 Å². The number of pyridine rings is 1. The van der Waals surface area contributed by atoms with Gasteiger partial charge in [0.15, 0.2) is 5.82 Å². The number of hydrogen-bond donors (Lipinski definition) is 0. The molecule has 0 bridgehead atoms. The molecule has 0 unspecified atom stereocenters. The molecular formula is C12H13N3O3. The zero-order valence-electron chi connectivity index (χ0n) is 10.4. The van der Waals surface area contributed by atoms with Gasteiger partial charge in [0.1, 0.15) is 5.56 Å². The van der Waals surface area contributed by atoms with Gasteiger partial charge in [-0.3, -0.25) is 14.0 Å². The number of aromatic nitrogens is 3. The van der Waals surface area contributed by atoms with Crippen LogP contribution in [0.1, 0.15) is 16.1 Å². The third-order valence-corrected chi connectivity index (χ3v) is 2.70. The van der Waals surface area contributed by atoms with E-state index >= 15 is 0 Å². The summed E-state index contributed by atoms with van der Waals surface area (Å²) in [5, 5.41) is 4.20. The first-order valence-electron chi connectivity index (χ1n) is 5.35. The number of aryl methyl sites for hydroxylation is 2. The zero-order valence-corrected chi connectivity index (χ0v) is 10.4. The van der Waals surface area contributed by atoms with E-state index in [4.69, 9.17) is 0 Å². The molecule has 0 saturated carbocycles. The Morgan fingerprint density at radius 2 is 2.17 bits per heavy atom. The monoisotopic (exact) mass is 247 g/mol. The molecule has 2 heterocycles. The number of esters is 1. The fourth-order valence-corrected chi connectivity index (χ4v) is 1.60. The van der Waals surface area contributed by atoms with Crippen molar-refractivity contribution in [3.8, 4) is 5.82 Å². The third-order valence-electron chi connectivity index (χ3n) is 2.70. The minimum absolute atomic E-state index is 0.0108. The standard InChI is InChI=1S/C12H13N3O3/c1-8-7-10(13-14(8)2)15-6-4-5-9(11(15)16)12(17)18-3/h4-7H,1-3H3. The van der Waals surface area contributed by atoms with E-state index in [1.807, 2.05) is 6.92 Å². The molecule has 0 atom stereocenters. The minimum Gasteiger partial charge on any atom is -0.465 e. The second kappa shape index (κ2) is 4.48. The highest BCUT2D eigenvalue weighted by atomic mass is 16.5. The Morgan fingerprint density at radius 3 is 2.72 bits per heavy atom. The zero-order chi connectivity index (χ0) is 13.3. The van der Waals surface area contributed by atoms with Gasteiger partial charge in [-0.15, -0.1) is 0 Å². The molecule has 0 aliphatic heterocycles. The summed E-state index contributed by atoms with van der Waals surface area (Å²) < 4.78 is 7.54. The number of ether oxygens (including phenoxy) is 1. The summed E-state index contributed by atoms with van der Waals surface area (Å²) in [6, 6.07) is 4.81. The number of nitrogens with zero attached hydrogens (tertiary/aromatic N) is 3. The summed E-state index contributed by atoms with van der Waals surface area (Å²) in [5.41, 5.74) is 0.464. The van der Waals surface area contributed by atoms with Gasteiger partial charge >= 0.3 is 5.97 Å². The van der Waals surface area contributed by atoms with Crippen LogP contribution in [0.5, 0.6) is 0 Å². The molecule has 0 aliphatic rings. The molecule has 0 N–H and O–H groups in total. The summed E-state index contributed by atoms with van der Waals surface area (Å²) >= 11 is 0. The Bertz CT molecular complexity index is 635. The molecule has 0 radical (unpaired) electrons. The lowest BCUT2D eigenvalue weighted by atomic mass is 10.3. The lowest BCUT2D eigenvalue weighted by Crippen LogP contribution is -2.25. The second-order valence-electron chi connectivity index (χ2n) is 3.86. The summed E-state index contributed by atoms with van der Waals surface area (Å²) in [7, 11) is 3.03. The SMILES string of the molecule is COC(=O)c1cccn(-c2cc(C)n(C)n2)c1=O. The average molecular weight is 247 g/mol. The predicted molar refractivity (Wildman–Crippen MR) is 64.9 cm³/mol. The molecule has 0 spiro atoms. The van der Waals surface area contributed by atoms with Gasteiger partial charge < -0.3 is 4.74 Å². The topological polar surface area (TPSA) is 66.1 Å². The Kier molecular flexibility index (Phi) is 3.01. The molecule has 2 aromatic rings. The van der Waals surface area contributed by atoms with Gasteiger partial charge in [-0.05, 0) is 19.1 Å². The Morgan fingerprint density at radius 1 is 1.44 bits per heavy atom. The summed E-state index contributed by atoms with van der Waals surface area (Å²) in [5.74, 6) is -0.173. The van der Waals surface area contributed by atoms with Crippen molar-refractivity contribution in [2.24, 2.45) is 7.05 Å². The van der Waals surface area contributed by atoms with E-state index in [1.54, 1.807) is 30.1 Å². The third kappa shape index (κ3) is 1.92. The van der Waals surface area contributed by atoms with Gasteiger partial charge in [-0.2, -0.15) is 5.10 Å². The maximum atomic E-state index is 12.1. The number of carbonyl (C=O) groups is 1. The van der Waals surface area contributed by atoms with Gasteiger partial charge in [0.05, 0.1) is 7.11 Å². The van der Waals surface area contributed by atoms with Crippen LogP contribution in [0.15, 0.2) is 29.2 Å². The van der Waals surface area contributed by atoms with Crippen molar-refractivity contribution in [3.63, 3.8) is 0 Å². The summed E-state index contributed by atoms with van der Waals surface area (Å²) in [6.45, 7) is 1.88. The summed E-state index contributed by atoms with van der Waals surface area (Å²) in [6.07, 6.45) is 1.57. The fraction of sp³-hybridized carbons (Fsp3) is 0.250. The van der Waals surface area contributed by atoms with Gasteiger partial charge in [-0.1, -0.05) is 0 Å². The van der Waals surface area contributed by atoms with E-state index in [0.29, 0.717) is 5.82 Å². The average Bonchev–Trinajstić information content (AvgIpc) is 2.69. The van der Waals surface area contributed by atoms with Gasteiger partial charge in [0, 0.05) is 25.0 Å². The number of rotatable bonds is 2. The van der Waals surface area contributed by atoms with Crippen LogP contribution < -0.4 is 5.56 Å². The predicted octanol–water partition coefficient (Wildman–Crippen LogP) is 0.666. The highest BCUT2D eigenvalue weighted by molar-refractivity contribution is 5.88. The van der Waals surface area contributed by atoms with E-state index in [1.165, 1.54) is 17.7 Å². The molecule has 2 aromatic heterocycles. The molecule has 0 aromatic carbocycles. The second-order valence-corrected chi connectivity index (χ2v) is 3.86. The van der Waals surface area contributed by atoms with Crippen LogP contribution in [0.3, 0.4) is 0 Å². The van der Waals surface area contributed by atoms with Crippen LogP contribution in [0.25, 0.3) is 5.82 Å². The van der Waals surface area contributed by atoms with Crippen molar-refractivity contribution in [2.75, 3.05) is 7.11 Å². The molecule has 0 aliphatic carbocycles. The Hall–Kier alpha value is -2.37. The first-order valence-corrected chi connectivity index (χ1v) is 5.35. The smallest absolute Gasteiger partial charge is 0.343 e. The Labute approximate surface area is 103 Å². The first-order chi connectivity index (χ1) is 8.54. The quantitative estimate of drug-likeness (QED) is 0.731. The molecule has 94 valence electrons. The number of hydrogen-bond acceptors (Lipinski definition) is 4. The first kappa shape index (κ1) is 12.1. The largest absolute Gasteiger partial charge is 0.465 e. The summed E-state index contributed by atoms with van der Waals surface area (Å²) in [4.78, 5) is 23.5. The van der Waals surface area contributed by atoms with E-state index in [2.05, 4.69) is 9.84 Å². The van der Waals surface area contributed by atoms with E-state index in [9.17, 15) is 9.59 Å². The molecule has 2 rings (SSSR count). The van der Waals surface area contributed by atoms with Crippen molar-refractivity contribution in [2.45, 2.75) is 6.92 Å². The van der Waals surface area contributed by atoms with Crippen LogP contribution in [0, 0.1) is 6.92 Å². The van der Waals surface area contributed by atoms with Crippen LogP contribution in [0.4, 0.5) is 0 Å². The normalized spacial score (nSPS) is 10.4. The van der Waals surface area contributed by atoms with E-state index in [-0.39, 0.29) is 5.56 Å². The highest BCUT2D eigenvalue weighted by Gasteiger charge is 2.14. The molecule has 6 heteroatoms. The Balaban J connectivity index is 2.59. The van der Waals surface area contributed by atoms with Gasteiger partial charge in [0.25, 0.3) is 5.56 Å². The fourth-order valence-electron chi connectivity index (χ4n) is 1.60. The maximum absolute atomic E-state index is 12.1. The van der Waals surface area contributed by atoms with Crippen LogP contribution in [-0.2, 0) is 11.8 Å². The van der Waals surface area contributed by atoms with Gasteiger partial charge in [0.2, 0.25) is 0 Å². The van der Waals surface area contributed by atoms with Crippen LogP contribution in [0.2, 0.25) is 0 Å².